The van der Waals surface area contributed by atoms with Crippen LogP contribution in [0.15, 0.2) is 12.1 Å². The average molecular weight is 293 g/mol. The molecule has 1 aliphatic heterocycles. The fraction of sp³-hybridized carbons (Fsp3) is 0.500. The van der Waals surface area contributed by atoms with Crippen LogP contribution in [0.25, 0.3) is 0 Å². The van der Waals surface area contributed by atoms with Gasteiger partial charge in [-0.25, -0.2) is 21.6 Å². The zero-order valence-corrected chi connectivity index (χ0v) is 10.9. The molecule has 0 amide bonds. The minimum atomic E-state index is -3.04. The van der Waals surface area contributed by atoms with Crippen molar-refractivity contribution in [3.05, 3.63) is 35.1 Å². The molecule has 1 atom stereocenters. The Labute approximate surface area is 109 Å². The van der Waals surface area contributed by atoms with Gasteiger partial charge in [0.25, 0.3) is 0 Å². The van der Waals surface area contributed by atoms with Crippen molar-refractivity contribution in [1.29, 1.82) is 0 Å². The van der Waals surface area contributed by atoms with Gasteiger partial charge < -0.3 is 5.32 Å². The normalized spacial score (nSPS) is 21.7. The number of rotatable bonds is 4. The lowest BCUT2D eigenvalue weighted by atomic mass is 10.2. The van der Waals surface area contributed by atoms with E-state index in [9.17, 15) is 21.6 Å². The number of nitrogens with one attached hydrogen (secondary N) is 1. The van der Waals surface area contributed by atoms with Crippen LogP contribution in [0.4, 0.5) is 13.2 Å². The smallest absolute Gasteiger partial charge is 0.194 e. The Morgan fingerprint density at radius 1 is 1.21 bits per heavy atom. The Bertz CT molecular complexity index is 551. The summed E-state index contributed by atoms with van der Waals surface area (Å²) in [6.45, 7) is 0.336. The summed E-state index contributed by atoms with van der Waals surface area (Å²) in [6, 6.07) is 1.79. The third kappa shape index (κ3) is 3.27. The molecule has 106 valence electrons. The van der Waals surface area contributed by atoms with E-state index in [0.29, 0.717) is 12.8 Å². The van der Waals surface area contributed by atoms with Crippen molar-refractivity contribution in [2.24, 2.45) is 0 Å². The predicted molar refractivity (Wildman–Crippen MR) is 64.8 cm³/mol. The molecular formula is C12H14F3NO2S. The summed E-state index contributed by atoms with van der Waals surface area (Å²) < 4.78 is 61.7. The summed E-state index contributed by atoms with van der Waals surface area (Å²) >= 11 is 0. The van der Waals surface area contributed by atoms with Gasteiger partial charge in [-0.1, -0.05) is 0 Å². The maximum absolute atomic E-state index is 13.0. The number of halogens is 3. The van der Waals surface area contributed by atoms with E-state index < -0.39 is 32.5 Å². The first kappa shape index (κ1) is 14.3. The molecule has 1 heterocycles. The Morgan fingerprint density at radius 2 is 1.84 bits per heavy atom. The summed E-state index contributed by atoms with van der Waals surface area (Å²) in [5.41, 5.74) is 0.242. The topological polar surface area (TPSA) is 46.2 Å². The molecule has 1 aromatic carbocycles. The first-order chi connectivity index (χ1) is 8.90. The largest absolute Gasteiger partial charge is 0.311 e. The number of hydrogen-bond donors (Lipinski definition) is 1. The van der Waals surface area contributed by atoms with Crippen LogP contribution in [0.5, 0.6) is 0 Å². The molecule has 2 rings (SSSR count). The molecule has 1 fully saturated rings. The number of benzene rings is 1. The molecule has 1 aliphatic rings. The molecule has 3 nitrogen and oxygen atoms in total. The quantitative estimate of drug-likeness (QED) is 0.861. The van der Waals surface area contributed by atoms with E-state index in [0.717, 1.165) is 12.1 Å². The van der Waals surface area contributed by atoms with Gasteiger partial charge in [0, 0.05) is 13.1 Å². The second-order valence-corrected chi connectivity index (χ2v) is 7.04. The fourth-order valence-electron chi connectivity index (χ4n) is 2.18. The van der Waals surface area contributed by atoms with Gasteiger partial charge in [-0.15, -0.1) is 0 Å². The molecule has 0 aromatic heterocycles. The van der Waals surface area contributed by atoms with E-state index in [1.807, 2.05) is 0 Å². The molecule has 0 radical (unpaired) electrons. The molecule has 0 bridgehead atoms. The van der Waals surface area contributed by atoms with Crippen molar-refractivity contribution in [2.75, 3.05) is 12.3 Å². The number of hydrogen-bond acceptors (Lipinski definition) is 3. The Morgan fingerprint density at radius 3 is 2.37 bits per heavy atom. The van der Waals surface area contributed by atoms with Crippen LogP contribution >= 0.6 is 0 Å². The lowest BCUT2D eigenvalue weighted by Crippen LogP contribution is -2.30. The van der Waals surface area contributed by atoms with Crippen molar-refractivity contribution in [3.8, 4) is 0 Å². The predicted octanol–water partition coefficient (Wildman–Crippen LogP) is 1.77. The fourth-order valence-corrected chi connectivity index (χ4v) is 3.97. The van der Waals surface area contributed by atoms with Crippen molar-refractivity contribution < 1.29 is 21.6 Å². The maximum atomic E-state index is 13.0. The summed E-state index contributed by atoms with van der Waals surface area (Å²) in [5, 5.41) is 2.40. The third-order valence-electron chi connectivity index (χ3n) is 3.21. The van der Waals surface area contributed by atoms with E-state index in [4.69, 9.17) is 0 Å². The molecule has 0 spiro atoms. The van der Waals surface area contributed by atoms with E-state index >= 15 is 0 Å². The van der Waals surface area contributed by atoms with Crippen LogP contribution in [-0.2, 0) is 16.4 Å². The minimum Gasteiger partial charge on any atom is -0.311 e. The van der Waals surface area contributed by atoms with E-state index in [1.165, 1.54) is 0 Å². The molecule has 7 heteroatoms. The zero-order chi connectivity index (χ0) is 14.0. The molecule has 1 N–H and O–H groups in total. The highest BCUT2D eigenvalue weighted by Gasteiger charge is 2.30. The van der Waals surface area contributed by atoms with Gasteiger partial charge >= 0.3 is 0 Å². The minimum absolute atomic E-state index is 0.0974. The average Bonchev–Trinajstić information content (AvgIpc) is 2.66. The van der Waals surface area contributed by atoms with Crippen LogP contribution in [0.3, 0.4) is 0 Å². The van der Waals surface area contributed by atoms with Gasteiger partial charge in [0.1, 0.15) is 0 Å². The number of sulfone groups is 1. The highest BCUT2D eigenvalue weighted by Crippen LogP contribution is 2.19. The van der Waals surface area contributed by atoms with Crippen LogP contribution in [0, 0.1) is 17.5 Å². The lowest BCUT2D eigenvalue weighted by molar-refractivity contribution is 0.444. The SMILES string of the molecule is O=S1(=O)CCCC1CNCc1cc(F)c(F)c(F)c1. The van der Waals surface area contributed by atoms with Gasteiger partial charge in [0.05, 0.1) is 11.0 Å². The van der Waals surface area contributed by atoms with E-state index in [1.54, 1.807) is 0 Å². The van der Waals surface area contributed by atoms with Crippen LogP contribution in [0.1, 0.15) is 18.4 Å². The highest BCUT2D eigenvalue weighted by molar-refractivity contribution is 7.92. The summed E-state index contributed by atoms with van der Waals surface area (Å²) in [6.07, 6.45) is 1.25. The van der Waals surface area contributed by atoms with Crippen molar-refractivity contribution >= 4 is 9.84 Å². The van der Waals surface area contributed by atoms with Crippen molar-refractivity contribution in [1.82, 2.24) is 5.32 Å². The van der Waals surface area contributed by atoms with Crippen LogP contribution in [-0.4, -0.2) is 26.0 Å². The first-order valence-corrected chi connectivity index (χ1v) is 7.67. The van der Waals surface area contributed by atoms with Crippen LogP contribution in [0.2, 0.25) is 0 Å². The van der Waals surface area contributed by atoms with Gasteiger partial charge in [-0.2, -0.15) is 0 Å². The second kappa shape index (κ2) is 5.50. The standard InChI is InChI=1S/C12H14F3NO2S/c13-10-4-8(5-11(14)12(10)15)6-16-7-9-2-1-3-19(9,17)18/h4-5,9,16H,1-3,6-7H2. The third-order valence-corrected chi connectivity index (χ3v) is 5.48. The summed E-state index contributed by atoms with van der Waals surface area (Å²) in [5.74, 6) is -3.79. The monoisotopic (exact) mass is 293 g/mol. The van der Waals surface area contributed by atoms with Crippen molar-refractivity contribution in [2.45, 2.75) is 24.6 Å². The Balaban J connectivity index is 1.93. The Hall–Kier alpha value is -1.08. The van der Waals surface area contributed by atoms with Crippen molar-refractivity contribution in [3.63, 3.8) is 0 Å². The molecule has 1 aromatic rings. The zero-order valence-electron chi connectivity index (χ0n) is 10.1. The first-order valence-electron chi connectivity index (χ1n) is 5.96. The van der Waals surface area contributed by atoms with Gasteiger partial charge in [0.15, 0.2) is 27.3 Å². The maximum Gasteiger partial charge on any atom is 0.194 e. The van der Waals surface area contributed by atoms with Gasteiger partial charge in [-0.3, -0.25) is 0 Å². The second-order valence-electron chi connectivity index (χ2n) is 4.64. The van der Waals surface area contributed by atoms with E-state index in [2.05, 4.69) is 5.32 Å². The molecule has 1 unspecified atom stereocenters. The molecular weight excluding hydrogens is 279 g/mol. The van der Waals surface area contributed by atoms with E-state index in [-0.39, 0.29) is 24.4 Å². The van der Waals surface area contributed by atoms with Gasteiger partial charge in [-0.05, 0) is 30.5 Å². The van der Waals surface area contributed by atoms with Gasteiger partial charge in [0.2, 0.25) is 0 Å². The molecule has 0 saturated carbocycles. The highest BCUT2D eigenvalue weighted by atomic mass is 32.2. The summed E-state index contributed by atoms with van der Waals surface area (Å²) in [7, 11) is -3.04. The molecule has 19 heavy (non-hydrogen) atoms. The molecule has 0 aliphatic carbocycles. The molecule has 1 saturated heterocycles. The van der Waals surface area contributed by atoms with Crippen LogP contribution < -0.4 is 5.32 Å². The lowest BCUT2D eigenvalue weighted by Gasteiger charge is -2.11. The summed E-state index contributed by atoms with van der Waals surface area (Å²) in [4.78, 5) is 0. The Kier molecular flexibility index (Phi) is 4.15.